The highest BCUT2D eigenvalue weighted by molar-refractivity contribution is 5.97. The zero-order valence-electron chi connectivity index (χ0n) is 20.0. The fraction of sp³-hybridized carbons (Fsp3) is 0.385. The number of ether oxygens (including phenoxy) is 1. The van der Waals surface area contributed by atoms with Gasteiger partial charge in [-0.1, -0.05) is 18.2 Å². The van der Waals surface area contributed by atoms with E-state index < -0.39 is 6.17 Å². The van der Waals surface area contributed by atoms with Crippen LogP contribution in [0, 0.1) is 0 Å². The number of hydrogen-bond donors (Lipinski definition) is 3. The van der Waals surface area contributed by atoms with Gasteiger partial charge in [-0.3, -0.25) is 19.7 Å². The number of hydrogen-bond acceptors (Lipinski definition) is 6. The molecule has 0 saturated carbocycles. The maximum atomic E-state index is 12.9. The fourth-order valence-electron chi connectivity index (χ4n) is 4.28. The van der Waals surface area contributed by atoms with Gasteiger partial charge in [0.25, 0.3) is 0 Å². The molecular weight excluding hydrogens is 444 g/mol. The number of aromatic nitrogens is 2. The van der Waals surface area contributed by atoms with Crippen molar-refractivity contribution in [2.24, 2.45) is 0 Å². The third-order valence-electron chi connectivity index (χ3n) is 5.99. The summed E-state index contributed by atoms with van der Waals surface area (Å²) < 4.78 is 5.39. The van der Waals surface area contributed by atoms with Crippen molar-refractivity contribution in [2.45, 2.75) is 25.9 Å². The SMILES string of the molecule is CCNC(=O)NC(NC(=O)CCCN1CCOCC1)c1cccc2ccnc(-c3ccncc3)c12. The maximum Gasteiger partial charge on any atom is 0.316 e. The molecule has 3 amide bonds. The summed E-state index contributed by atoms with van der Waals surface area (Å²) in [7, 11) is 0. The average Bonchev–Trinajstić information content (AvgIpc) is 2.89. The van der Waals surface area contributed by atoms with Crippen molar-refractivity contribution in [1.82, 2.24) is 30.8 Å². The Morgan fingerprint density at radius 2 is 1.86 bits per heavy atom. The first-order valence-electron chi connectivity index (χ1n) is 12.1. The van der Waals surface area contributed by atoms with E-state index in [0.717, 1.165) is 66.9 Å². The molecule has 1 fully saturated rings. The molecule has 0 aliphatic carbocycles. The molecule has 0 spiro atoms. The molecule has 4 rings (SSSR count). The number of morpholine rings is 1. The number of pyridine rings is 2. The smallest absolute Gasteiger partial charge is 0.316 e. The largest absolute Gasteiger partial charge is 0.379 e. The third kappa shape index (κ3) is 6.52. The zero-order valence-corrected chi connectivity index (χ0v) is 20.0. The van der Waals surface area contributed by atoms with Crippen molar-refractivity contribution in [1.29, 1.82) is 0 Å². The van der Waals surface area contributed by atoms with E-state index in [1.165, 1.54) is 0 Å². The second-order valence-electron chi connectivity index (χ2n) is 8.40. The Balaban J connectivity index is 1.59. The predicted octanol–water partition coefficient (Wildman–Crippen LogP) is 2.84. The molecule has 1 aromatic carbocycles. The molecule has 1 saturated heterocycles. The van der Waals surface area contributed by atoms with Crippen LogP contribution in [-0.2, 0) is 9.53 Å². The van der Waals surface area contributed by atoms with Crippen molar-refractivity contribution in [3.8, 4) is 11.3 Å². The van der Waals surface area contributed by atoms with Gasteiger partial charge in [0.05, 0.1) is 18.9 Å². The Morgan fingerprint density at radius 1 is 1.06 bits per heavy atom. The van der Waals surface area contributed by atoms with Gasteiger partial charge in [-0.25, -0.2) is 4.79 Å². The number of benzene rings is 1. The number of carbonyl (C=O) groups is 2. The van der Waals surface area contributed by atoms with E-state index in [9.17, 15) is 9.59 Å². The number of nitrogens with zero attached hydrogens (tertiary/aromatic N) is 3. The predicted molar refractivity (Wildman–Crippen MR) is 135 cm³/mol. The molecule has 3 heterocycles. The monoisotopic (exact) mass is 476 g/mol. The number of urea groups is 1. The van der Waals surface area contributed by atoms with Crippen molar-refractivity contribution in [3.63, 3.8) is 0 Å². The van der Waals surface area contributed by atoms with E-state index in [1.807, 2.05) is 43.3 Å². The third-order valence-corrected chi connectivity index (χ3v) is 5.99. The topological polar surface area (TPSA) is 108 Å². The van der Waals surface area contributed by atoms with Crippen molar-refractivity contribution < 1.29 is 14.3 Å². The highest BCUT2D eigenvalue weighted by Crippen LogP contribution is 2.31. The van der Waals surface area contributed by atoms with Crippen molar-refractivity contribution in [3.05, 3.63) is 60.6 Å². The van der Waals surface area contributed by atoms with Gasteiger partial charge in [-0.15, -0.1) is 0 Å². The minimum atomic E-state index is -0.717. The lowest BCUT2D eigenvalue weighted by molar-refractivity contribution is -0.122. The van der Waals surface area contributed by atoms with Gasteiger partial charge in [0, 0.05) is 61.2 Å². The van der Waals surface area contributed by atoms with Crippen LogP contribution < -0.4 is 16.0 Å². The summed E-state index contributed by atoms with van der Waals surface area (Å²) >= 11 is 0. The molecule has 184 valence electrons. The molecule has 35 heavy (non-hydrogen) atoms. The van der Waals surface area contributed by atoms with Gasteiger partial charge >= 0.3 is 6.03 Å². The molecule has 9 nitrogen and oxygen atoms in total. The molecular formula is C26H32N6O3. The first-order chi connectivity index (χ1) is 17.2. The summed E-state index contributed by atoms with van der Waals surface area (Å²) in [4.78, 5) is 36.5. The molecule has 1 aliphatic heterocycles. The highest BCUT2D eigenvalue weighted by atomic mass is 16.5. The van der Waals surface area contributed by atoms with Crippen molar-refractivity contribution in [2.75, 3.05) is 39.4 Å². The lowest BCUT2D eigenvalue weighted by atomic mass is 9.98. The van der Waals surface area contributed by atoms with Gasteiger partial charge in [0.1, 0.15) is 6.17 Å². The molecule has 0 bridgehead atoms. The minimum absolute atomic E-state index is 0.119. The normalized spacial score (nSPS) is 14.9. The first kappa shape index (κ1) is 24.6. The number of amides is 3. The zero-order chi connectivity index (χ0) is 24.5. The Kier molecular flexibility index (Phi) is 8.58. The second-order valence-corrected chi connectivity index (χ2v) is 8.40. The van der Waals surface area contributed by atoms with Crippen LogP contribution >= 0.6 is 0 Å². The summed E-state index contributed by atoms with van der Waals surface area (Å²) in [5.74, 6) is -0.119. The van der Waals surface area contributed by atoms with Gasteiger partial charge in [0.2, 0.25) is 5.91 Å². The average molecular weight is 477 g/mol. The summed E-state index contributed by atoms with van der Waals surface area (Å²) in [6, 6.07) is 11.2. The number of fused-ring (bicyclic) bond motifs is 1. The quantitative estimate of drug-likeness (QED) is 0.410. The van der Waals surface area contributed by atoms with Crippen LogP contribution in [-0.4, -0.2) is 66.2 Å². The molecule has 0 radical (unpaired) electrons. The second kappa shape index (κ2) is 12.2. The van der Waals surface area contributed by atoms with Gasteiger partial charge in [-0.05, 0) is 43.5 Å². The summed E-state index contributed by atoms with van der Waals surface area (Å²) in [6.45, 7) is 6.43. The Morgan fingerprint density at radius 3 is 2.63 bits per heavy atom. The molecule has 3 aromatic rings. The Bertz CT molecular complexity index is 1130. The summed E-state index contributed by atoms with van der Waals surface area (Å²) in [5, 5.41) is 10.6. The summed E-state index contributed by atoms with van der Waals surface area (Å²) in [6.07, 6.45) is 5.59. The van der Waals surface area contributed by atoms with E-state index in [-0.39, 0.29) is 11.9 Å². The highest BCUT2D eigenvalue weighted by Gasteiger charge is 2.22. The van der Waals surface area contributed by atoms with Gasteiger partial charge < -0.3 is 20.7 Å². The van der Waals surface area contributed by atoms with Crippen LogP contribution in [0.4, 0.5) is 4.79 Å². The summed E-state index contributed by atoms with van der Waals surface area (Å²) in [5.41, 5.74) is 2.45. The number of rotatable bonds is 9. The van der Waals surface area contributed by atoms with Crippen LogP contribution in [0.15, 0.2) is 55.0 Å². The molecule has 1 unspecified atom stereocenters. The maximum absolute atomic E-state index is 12.9. The van der Waals surface area contributed by atoms with E-state index in [4.69, 9.17) is 4.74 Å². The van der Waals surface area contributed by atoms with Crippen LogP contribution in [0.3, 0.4) is 0 Å². The van der Waals surface area contributed by atoms with Crippen molar-refractivity contribution >= 4 is 22.7 Å². The molecule has 2 aromatic heterocycles. The van der Waals surface area contributed by atoms with Crippen LogP contribution in [0.5, 0.6) is 0 Å². The lowest BCUT2D eigenvalue weighted by Gasteiger charge is -2.26. The fourth-order valence-corrected chi connectivity index (χ4v) is 4.28. The molecule has 1 atom stereocenters. The van der Waals surface area contributed by atoms with E-state index in [1.54, 1.807) is 18.6 Å². The van der Waals surface area contributed by atoms with Crippen LogP contribution in [0.25, 0.3) is 22.0 Å². The van der Waals surface area contributed by atoms with E-state index >= 15 is 0 Å². The molecule has 3 N–H and O–H groups in total. The lowest BCUT2D eigenvalue weighted by Crippen LogP contribution is -2.45. The Hall–Kier alpha value is -3.56. The number of carbonyl (C=O) groups excluding carboxylic acids is 2. The first-order valence-corrected chi connectivity index (χ1v) is 12.1. The van der Waals surface area contributed by atoms with E-state index in [2.05, 4.69) is 30.8 Å². The van der Waals surface area contributed by atoms with E-state index in [0.29, 0.717) is 13.0 Å². The standard InChI is InChI=1S/C26H32N6O3/c1-2-28-26(34)31-25(30-22(33)7-4-14-32-15-17-35-18-16-32)21-6-3-5-19-10-13-29-24(23(19)21)20-8-11-27-12-9-20/h3,5-6,8-13,25H,2,4,7,14-18H2,1H3,(H,30,33)(H2,28,31,34). The Labute approximate surface area is 205 Å². The number of nitrogens with one attached hydrogen (secondary N) is 3. The van der Waals surface area contributed by atoms with Gasteiger partial charge in [0.15, 0.2) is 0 Å². The van der Waals surface area contributed by atoms with Crippen LogP contribution in [0.1, 0.15) is 31.5 Å². The van der Waals surface area contributed by atoms with Gasteiger partial charge in [-0.2, -0.15) is 0 Å². The minimum Gasteiger partial charge on any atom is -0.379 e. The van der Waals surface area contributed by atoms with Crippen LogP contribution in [0.2, 0.25) is 0 Å². The molecule has 1 aliphatic rings. The molecule has 9 heteroatoms.